The molecule has 0 radical (unpaired) electrons. The Morgan fingerprint density at radius 3 is 1.25 bits per heavy atom. The first kappa shape index (κ1) is 87.2. The van der Waals surface area contributed by atoms with E-state index < -0.39 is 32.3 Å². The van der Waals surface area contributed by atoms with E-state index in [-0.39, 0.29) is 26.8 Å². The maximum absolute atomic E-state index is 9.23. The number of halogens is 13. The summed E-state index contributed by atoms with van der Waals surface area (Å²) < 4.78 is 39.7. The molecule has 0 aliphatic rings. The van der Waals surface area contributed by atoms with Crippen LogP contribution in [0.15, 0.2) is 102 Å². The van der Waals surface area contributed by atoms with Gasteiger partial charge in [-0.05, 0) is 113 Å². The second kappa shape index (κ2) is 40.5. The molecule has 3 aromatic heterocycles. The van der Waals surface area contributed by atoms with Crippen molar-refractivity contribution in [1.29, 1.82) is 0 Å². The largest absolute Gasteiger partial charge is 0.388 e. The highest BCUT2D eigenvalue weighted by atomic mass is 79.9. The second-order valence-corrected chi connectivity index (χ2v) is 58.1. The number of hydrogen-bond donors (Lipinski definition) is 3. The summed E-state index contributed by atoms with van der Waals surface area (Å²) in [6.45, 7) is 32.3. The minimum absolute atomic E-state index is 0.199. The first-order valence-electron chi connectivity index (χ1n) is 31.1. The number of H-pyrrole nitrogens is 1. The second-order valence-electron chi connectivity index (χ2n) is 27.4. The molecule has 33 heteroatoms. The Labute approximate surface area is 667 Å². The van der Waals surface area contributed by atoms with Gasteiger partial charge in [-0.15, -0.1) is 12.6 Å². The quantitative estimate of drug-likeness (QED) is 0.0135. The summed E-state index contributed by atoms with van der Waals surface area (Å²) in [6, 6.07) is 25.4. The fourth-order valence-corrected chi connectivity index (χ4v) is 17.0. The van der Waals surface area contributed by atoms with Crippen molar-refractivity contribution in [3.63, 3.8) is 0 Å². The summed E-state index contributed by atoms with van der Waals surface area (Å²) in [5.74, 6) is 1.91. The van der Waals surface area contributed by atoms with E-state index in [1.807, 2.05) is 27.3 Å². The normalized spacial score (nSPS) is 12.1. The predicted molar refractivity (Wildman–Crippen MR) is 440 cm³/mol. The Balaban J connectivity index is 0.000000225. The average molecular weight is 1780 g/mol. The summed E-state index contributed by atoms with van der Waals surface area (Å²) in [5, 5.41) is 15.2. The van der Waals surface area contributed by atoms with E-state index in [1.54, 1.807) is 54.6 Å². The maximum Gasteiger partial charge on any atom is 0.147 e. The number of aliphatic hydroxyl groups excluding tert-OH is 1. The minimum atomic E-state index is -1.22. The molecule has 9 aromatic rings. The summed E-state index contributed by atoms with van der Waals surface area (Å²) >= 11 is 84.6. The van der Waals surface area contributed by atoms with E-state index in [9.17, 15) is 5.11 Å². The van der Waals surface area contributed by atoms with Crippen molar-refractivity contribution in [2.75, 3.05) is 40.0 Å². The van der Waals surface area contributed by atoms with Gasteiger partial charge in [0.25, 0.3) is 0 Å². The number of ether oxygens (including phenoxy) is 6. The van der Waals surface area contributed by atoms with Crippen LogP contribution >= 0.6 is 191 Å². The summed E-state index contributed by atoms with van der Waals surface area (Å²) in [5.41, 5.74) is 4.47. The van der Waals surface area contributed by atoms with Gasteiger partial charge < -0.3 is 47.6 Å². The zero-order valence-corrected chi connectivity index (χ0v) is 74.0. The molecular weight excluding hydrogens is 1700 g/mol. The van der Waals surface area contributed by atoms with Crippen molar-refractivity contribution in [2.45, 2.75) is 161 Å². The zero-order valence-electron chi connectivity index (χ0n) is 56.8. The lowest BCUT2D eigenvalue weighted by Crippen LogP contribution is -2.22. The highest BCUT2D eigenvalue weighted by Gasteiger charge is 2.24. The van der Waals surface area contributed by atoms with Gasteiger partial charge in [0.2, 0.25) is 0 Å². The van der Waals surface area contributed by atoms with Crippen molar-refractivity contribution < 1.29 is 33.5 Å². The molecule has 542 valence electrons. The number of aromatic amines is 1. The molecule has 6 aromatic carbocycles. The molecule has 0 spiro atoms. The minimum Gasteiger partial charge on any atom is -0.388 e. The zero-order chi connectivity index (χ0) is 73.3. The molecule has 0 fully saturated rings. The number of nitrogens with zero attached hydrogens (tertiary/aromatic N) is 5. The highest BCUT2D eigenvalue weighted by Crippen LogP contribution is 2.47. The lowest BCUT2D eigenvalue weighted by atomic mass is 10.3. The molecule has 0 saturated heterocycles. The van der Waals surface area contributed by atoms with Gasteiger partial charge in [-0.2, -0.15) is 0 Å². The van der Waals surface area contributed by atoms with Gasteiger partial charge in [-0.1, -0.05) is 241 Å². The van der Waals surface area contributed by atoms with E-state index in [4.69, 9.17) is 178 Å². The Bertz CT molecular complexity index is 4180. The molecule has 0 aliphatic heterocycles. The first-order valence-corrected chi connectivity index (χ1v) is 53.3. The highest BCUT2D eigenvalue weighted by molar-refractivity contribution is 9.10. The predicted octanol–water partition coefficient (Wildman–Crippen LogP) is 26.3. The number of thiol groups is 1. The molecule has 0 unspecified atom stereocenters. The monoisotopic (exact) mass is 1780 g/mol. The SMILES string of the molecule is C[Si](C)(C)CCOCOCc1nc2c(Br)c(Cl)c(Cl)cc2n1COCC[Si](C)(C)C.C[Si](C)(C)CCOCOCc1nc2c(Sc3ccc(Cl)cc3Cl)c(Cl)c(Cl)cc2n1COCC[Si](C)(C)C.OCc1nc2c(Sc3ccc(Cl)cc3Cl)c(Cl)c(Cl)cc2[nH]1.Sc1ccc(Cl)cc1Cl. The van der Waals surface area contributed by atoms with Crippen LogP contribution in [0.2, 0.25) is 163 Å². The Morgan fingerprint density at radius 2 is 0.838 bits per heavy atom. The number of hydrogen-bond acceptors (Lipinski definition) is 13. The first-order chi connectivity index (χ1) is 46.3. The summed E-state index contributed by atoms with van der Waals surface area (Å²) in [4.78, 5) is 20.7. The van der Waals surface area contributed by atoms with Crippen LogP contribution in [-0.2, 0) is 61.7 Å². The Hall–Kier alpha value is -0.672. The van der Waals surface area contributed by atoms with Crippen LogP contribution in [0.1, 0.15) is 17.5 Å². The molecule has 0 aliphatic carbocycles. The third kappa shape index (κ3) is 28.4. The molecule has 13 nitrogen and oxygen atoms in total. The topological polar surface area (TPSA) is 140 Å². The molecule has 3 heterocycles. The molecule has 0 amide bonds. The fourth-order valence-electron chi connectivity index (χ4n) is 8.47. The fraction of sp³-hybridized carbons (Fsp3) is 0.409. The third-order valence-electron chi connectivity index (χ3n) is 14.1. The maximum atomic E-state index is 9.23. The number of imidazole rings is 3. The van der Waals surface area contributed by atoms with Crippen LogP contribution in [0.3, 0.4) is 0 Å². The van der Waals surface area contributed by atoms with E-state index in [1.165, 1.54) is 23.5 Å². The number of rotatable bonds is 29. The third-order valence-corrected chi connectivity index (χ3v) is 29.2. The van der Waals surface area contributed by atoms with Crippen molar-refractivity contribution in [1.82, 2.24) is 29.1 Å². The molecule has 9 rings (SSSR count). The van der Waals surface area contributed by atoms with Crippen LogP contribution in [-0.4, -0.2) is 106 Å². The molecule has 99 heavy (non-hydrogen) atoms. The standard InChI is InChI=1S/C26H36Cl4N2O3SSi2.C20H33BrCl2N2O3Si2.C14H8Cl4N2OS.C6H4Cl2S/c1-37(2,3)11-9-33-16-32-21-14-20(29)24(30)26(36-22-8-7-18(27)13-19(22)28)25(21)31-23(32)15-35-17-34-10-12-38(4,5)6;1-29(2,3)9-7-26-13-25-16-11-15(22)19(23)18(21)20(16)24-17(25)12-28-14-27-8-10-30(4,5)6;15-6-1-2-10(7(16)3-6)22-14-12(18)8(17)4-9-13(14)20-11(5-21)19-9;7-4-1-2-6(9)5(8)3-4/h7-8,13-14H,9-12,15-17H2,1-6H3;11H,7-10,12-14H2,1-6H3;1-4,21H,5H2,(H,19,20);1-3,9H. The van der Waals surface area contributed by atoms with Crippen molar-refractivity contribution in [3.05, 3.63) is 155 Å². The molecule has 0 bridgehead atoms. The van der Waals surface area contributed by atoms with Gasteiger partial charge in [0.05, 0.1) is 76.0 Å². The molecule has 2 N–H and O–H groups in total. The Kier molecular flexibility index (Phi) is 35.7. The molecule has 0 atom stereocenters. The average Bonchev–Trinajstić information content (AvgIpc) is 1.66. The number of aliphatic hydroxyl groups is 1. The van der Waals surface area contributed by atoms with E-state index in [2.05, 4.69) is 117 Å². The smallest absolute Gasteiger partial charge is 0.147 e. The van der Waals surface area contributed by atoms with E-state index in [0.29, 0.717) is 136 Å². The van der Waals surface area contributed by atoms with Crippen LogP contribution in [0.5, 0.6) is 0 Å². The van der Waals surface area contributed by atoms with Crippen molar-refractivity contribution in [3.8, 4) is 0 Å². The summed E-state index contributed by atoms with van der Waals surface area (Å²) in [6.07, 6.45) is 0. The van der Waals surface area contributed by atoms with Gasteiger partial charge in [-0.3, -0.25) is 0 Å². The number of aromatic nitrogens is 6. The van der Waals surface area contributed by atoms with Crippen molar-refractivity contribution in [2.24, 2.45) is 0 Å². The molecular formula is C66H81BrCl12N6O7S3Si4. The number of fused-ring (bicyclic) bond motifs is 3. The number of benzene rings is 6. The van der Waals surface area contributed by atoms with Crippen LogP contribution in [0.25, 0.3) is 33.1 Å². The van der Waals surface area contributed by atoms with Crippen LogP contribution < -0.4 is 0 Å². The van der Waals surface area contributed by atoms with E-state index >= 15 is 0 Å². The van der Waals surface area contributed by atoms with Crippen LogP contribution in [0, 0.1) is 0 Å². The van der Waals surface area contributed by atoms with Gasteiger partial charge in [0.15, 0.2) is 0 Å². The van der Waals surface area contributed by atoms with Gasteiger partial charge >= 0.3 is 0 Å². The number of nitrogens with one attached hydrogen (secondary N) is 1. The van der Waals surface area contributed by atoms with E-state index in [0.717, 1.165) is 74.5 Å². The lowest BCUT2D eigenvalue weighted by molar-refractivity contribution is -0.0610. The van der Waals surface area contributed by atoms with Crippen molar-refractivity contribution >= 4 is 257 Å². The molecule has 0 saturated carbocycles. The Morgan fingerprint density at radius 1 is 0.455 bits per heavy atom. The van der Waals surface area contributed by atoms with Gasteiger partial charge in [0.1, 0.15) is 80.9 Å². The lowest BCUT2D eigenvalue weighted by Gasteiger charge is -2.17. The van der Waals surface area contributed by atoms with Crippen LogP contribution in [0.4, 0.5) is 0 Å². The summed E-state index contributed by atoms with van der Waals surface area (Å²) in [7, 11) is -4.64. The van der Waals surface area contributed by atoms with Gasteiger partial charge in [0, 0.05) is 88.5 Å². The van der Waals surface area contributed by atoms with Gasteiger partial charge in [-0.25, -0.2) is 15.0 Å².